The van der Waals surface area contributed by atoms with Crippen molar-refractivity contribution in [1.29, 1.82) is 0 Å². The van der Waals surface area contributed by atoms with Crippen LogP contribution in [0.5, 0.6) is 0 Å². The summed E-state index contributed by atoms with van der Waals surface area (Å²) in [5.41, 5.74) is 1.83. The van der Waals surface area contributed by atoms with E-state index in [-0.39, 0.29) is 11.5 Å². The number of hydrogen-bond donors (Lipinski definition) is 2. The molecule has 0 spiro atoms. The molecule has 30 heavy (non-hydrogen) atoms. The molecule has 0 aliphatic carbocycles. The summed E-state index contributed by atoms with van der Waals surface area (Å²) in [7, 11) is 0. The van der Waals surface area contributed by atoms with Gasteiger partial charge in [0.25, 0.3) is 5.91 Å². The highest BCUT2D eigenvalue weighted by Gasteiger charge is 2.10. The highest BCUT2D eigenvalue weighted by molar-refractivity contribution is 6.31. The number of fused-ring (bicyclic) bond motifs is 1. The van der Waals surface area contributed by atoms with Gasteiger partial charge >= 0.3 is 0 Å². The van der Waals surface area contributed by atoms with E-state index >= 15 is 0 Å². The summed E-state index contributed by atoms with van der Waals surface area (Å²) in [5.74, 6) is 0.448. The molecule has 0 aliphatic heterocycles. The number of carbonyl (C=O) groups is 1. The quantitative estimate of drug-likeness (QED) is 0.474. The molecule has 7 nitrogen and oxygen atoms in total. The van der Waals surface area contributed by atoms with Gasteiger partial charge in [-0.2, -0.15) is 4.52 Å². The lowest BCUT2D eigenvalue weighted by molar-refractivity contribution is 0.0953. The van der Waals surface area contributed by atoms with Crippen molar-refractivity contribution in [3.63, 3.8) is 0 Å². The Morgan fingerprint density at radius 2 is 1.93 bits per heavy atom. The van der Waals surface area contributed by atoms with E-state index in [1.807, 2.05) is 36.4 Å². The first-order valence-corrected chi connectivity index (χ1v) is 9.70. The predicted octanol–water partition coefficient (Wildman–Crippen LogP) is 3.50. The van der Waals surface area contributed by atoms with E-state index in [2.05, 4.69) is 25.9 Å². The molecule has 0 bridgehead atoms. The van der Waals surface area contributed by atoms with Crippen molar-refractivity contribution < 1.29 is 9.18 Å². The zero-order valence-corrected chi connectivity index (χ0v) is 16.6. The molecule has 0 atom stereocenters. The maximum atomic E-state index is 13.3. The lowest BCUT2D eigenvalue weighted by Crippen LogP contribution is -2.26. The minimum atomic E-state index is -0.452. The van der Waals surface area contributed by atoms with Crippen LogP contribution in [0.1, 0.15) is 21.7 Å². The molecule has 2 aromatic carbocycles. The fraction of sp³-hybridized carbons (Fsp3) is 0.143. The standard InChI is InChI=1S/C21H18ClFN6O/c22-17-7-2-1-4-15(17)13-25-18-8-9-19-26-27-20(29(19)28-18)10-11-24-21(30)14-5-3-6-16(23)12-14/h1-9,12H,10-11,13H2,(H,24,30)(H,25,28). The Kier molecular flexibility index (Phi) is 5.85. The van der Waals surface area contributed by atoms with Gasteiger partial charge < -0.3 is 10.6 Å². The number of amides is 1. The molecule has 2 aromatic heterocycles. The van der Waals surface area contributed by atoms with Crippen LogP contribution in [0, 0.1) is 5.82 Å². The topological polar surface area (TPSA) is 84.2 Å². The van der Waals surface area contributed by atoms with Gasteiger partial charge in [0.2, 0.25) is 0 Å². The first-order chi connectivity index (χ1) is 14.6. The molecule has 9 heteroatoms. The van der Waals surface area contributed by atoms with Gasteiger partial charge in [0.05, 0.1) is 0 Å². The Labute approximate surface area is 176 Å². The Hall–Kier alpha value is -3.52. The van der Waals surface area contributed by atoms with Crippen molar-refractivity contribution in [3.05, 3.63) is 88.5 Å². The molecule has 2 heterocycles. The van der Waals surface area contributed by atoms with Gasteiger partial charge in [0.15, 0.2) is 11.5 Å². The number of hydrogen-bond acceptors (Lipinski definition) is 5. The van der Waals surface area contributed by atoms with Crippen molar-refractivity contribution >= 4 is 29.0 Å². The number of anilines is 1. The van der Waals surface area contributed by atoms with Crippen molar-refractivity contribution in [1.82, 2.24) is 25.1 Å². The second kappa shape index (κ2) is 8.87. The van der Waals surface area contributed by atoms with E-state index in [1.165, 1.54) is 18.2 Å². The van der Waals surface area contributed by atoms with Gasteiger partial charge in [-0.15, -0.1) is 15.3 Å². The number of benzene rings is 2. The molecule has 152 valence electrons. The number of aromatic nitrogens is 4. The Morgan fingerprint density at radius 1 is 1.07 bits per heavy atom. The van der Waals surface area contributed by atoms with E-state index in [0.29, 0.717) is 41.8 Å². The first kappa shape index (κ1) is 19.8. The highest BCUT2D eigenvalue weighted by Crippen LogP contribution is 2.16. The van der Waals surface area contributed by atoms with Crippen molar-refractivity contribution in [2.45, 2.75) is 13.0 Å². The third-order valence-corrected chi connectivity index (χ3v) is 4.83. The molecule has 4 aromatic rings. The molecular formula is C21H18ClFN6O. The van der Waals surface area contributed by atoms with Gasteiger partial charge in [-0.25, -0.2) is 4.39 Å². The molecule has 1 amide bonds. The molecule has 0 aliphatic rings. The minimum absolute atomic E-state index is 0.269. The van der Waals surface area contributed by atoms with Gasteiger partial charge in [-0.05, 0) is 42.0 Å². The molecule has 0 fully saturated rings. The lowest BCUT2D eigenvalue weighted by atomic mass is 10.2. The normalized spacial score (nSPS) is 10.9. The largest absolute Gasteiger partial charge is 0.364 e. The maximum Gasteiger partial charge on any atom is 0.251 e. The molecule has 0 radical (unpaired) electrons. The molecule has 0 saturated heterocycles. The third kappa shape index (κ3) is 4.55. The molecular weight excluding hydrogens is 407 g/mol. The van der Waals surface area contributed by atoms with E-state index in [1.54, 1.807) is 10.6 Å². The Morgan fingerprint density at radius 3 is 2.77 bits per heavy atom. The fourth-order valence-electron chi connectivity index (χ4n) is 2.93. The lowest BCUT2D eigenvalue weighted by Gasteiger charge is -2.08. The molecule has 0 unspecified atom stereocenters. The van der Waals surface area contributed by atoms with E-state index < -0.39 is 5.82 Å². The summed E-state index contributed by atoms with van der Waals surface area (Å²) in [6, 6.07) is 16.8. The third-order valence-electron chi connectivity index (χ3n) is 4.47. The van der Waals surface area contributed by atoms with Crippen LogP contribution in [0.4, 0.5) is 10.2 Å². The second-order valence-electron chi connectivity index (χ2n) is 6.57. The van der Waals surface area contributed by atoms with Gasteiger partial charge in [0, 0.05) is 30.1 Å². The van der Waals surface area contributed by atoms with Crippen LogP contribution in [0.15, 0.2) is 60.7 Å². The average molecular weight is 425 g/mol. The van der Waals surface area contributed by atoms with Crippen LogP contribution in [0.3, 0.4) is 0 Å². The van der Waals surface area contributed by atoms with Gasteiger partial charge in [-0.3, -0.25) is 4.79 Å². The first-order valence-electron chi connectivity index (χ1n) is 9.32. The SMILES string of the molecule is O=C(NCCc1nnc2ccc(NCc3ccccc3Cl)nn12)c1cccc(F)c1. The molecule has 2 N–H and O–H groups in total. The van der Waals surface area contributed by atoms with Crippen molar-refractivity contribution in [2.24, 2.45) is 0 Å². The highest BCUT2D eigenvalue weighted by atomic mass is 35.5. The van der Waals surface area contributed by atoms with E-state index in [4.69, 9.17) is 11.6 Å². The smallest absolute Gasteiger partial charge is 0.251 e. The van der Waals surface area contributed by atoms with Crippen LogP contribution in [0.25, 0.3) is 5.65 Å². The number of carbonyl (C=O) groups excluding carboxylic acids is 1. The van der Waals surface area contributed by atoms with Gasteiger partial charge in [0.1, 0.15) is 11.6 Å². The van der Waals surface area contributed by atoms with Crippen LogP contribution in [-0.4, -0.2) is 32.3 Å². The van der Waals surface area contributed by atoms with Crippen molar-refractivity contribution in [3.8, 4) is 0 Å². The van der Waals surface area contributed by atoms with Crippen LogP contribution < -0.4 is 10.6 Å². The summed E-state index contributed by atoms with van der Waals surface area (Å²) >= 11 is 6.19. The summed E-state index contributed by atoms with van der Waals surface area (Å²) in [6.45, 7) is 0.842. The second-order valence-corrected chi connectivity index (χ2v) is 6.97. The number of nitrogens with zero attached hydrogens (tertiary/aromatic N) is 4. The minimum Gasteiger partial charge on any atom is -0.364 e. The van der Waals surface area contributed by atoms with Crippen LogP contribution in [0.2, 0.25) is 5.02 Å². The van der Waals surface area contributed by atoms with E-state index in [0.717, 1.165) is 5.56 Å². The van der Waals surface area contributed by atoms with E-state index in [9.17, 15) is 9.18 Å². The number of nitrogens with one attached hydrogen (secondary N) is 2. The van der Waals surface area contributed by atoms with Gasteiger partial charge in [-0.1, -0.05) is 35.9 Å². The zero-order chi connectivity index (χ0) is 20.9. The number of halogens is 2. The maximum absolute atomic E-state index is 13.3. The summed E-state index contributed by atoms with van der Waals surface area (Å²) < 4.78 is 14.9. The van der Waals surface area contributed by atoms with Crippen LogP contribution >= 0.6 is 11.6 Å². The zero-order valence-electron chi connectivity index (χ0n) is 15.8. The Bertz CT molecular complexity index is 1200. The average Bonchev–Trinajstić information content (AvgIpc) is 3.15. The Balaban J connectivity index is 1.40. The van der Waals surface area contributed by atoms with Crippen molar-refractivity contribution in [2.75, 3.05) is 11.9 Å². The summed E-state index contributed by atoms with van der Waals surface area (Å²) in [6.07, 6.45) is 0.420. The molecule has 4 rings (SSSR count). The number of rotatable bonds is 7. The molecule has 0 saturated carbocycles. The summed E-state index contributed by atoms with van der Waals surface area (Å²) in [4.78, 5) is 12.1. The summed E-state index contributed by atoms with van der Waals surface area (Å²) in [5, 5.41) is 19.4. The fourth-order valence-corrected chi connectivity index (χ4v) is 3.13. The monoisotopic (exact) mass is 424 g/mol. The van der Waals surface area contributed by atoms with Crippen LogP contribution in [-0.2, 0) is 13.0 Å². The predicted molar refractivity (Wildman–Crippen MR) is 112 cm³/mol.